The van der Waals surface area contributed by atoms with Gasteiger partial charge in [-0.15, -0.1) is 4.91 Å². The lowest BCUT2D eigenvalue weighted by atomic mass is 10.1. The maximum atomic E-state index is 11.7. The van der Waals surface area contributed by atoms with E-state index in [0.717, 1.165) is 5.39 Å². The Bertz CT molecular complexity index is 801. The molecule has 0 aliphatic carbocycles. The molecule has 2 aromatic heterocycles. The molecule has 1 aromatic carbocycles. The third kappa shape index (κ3) is 2.05. The molecule has 0 saturated carbocycles. The standard InChI is InChI=1S/C15H9N3O2/c19-15(18-20)14-11(13-7-3-4-8-16-13)9-10-5-1-2-6-12(10)17-14/h1-9H. The Balaban J connectivity index is 2.33. The van der Waals surface area contributed by atoms with Crippen LogP contribution >= 0.6 is 0 Å². The van der Waals surface area contributed by atoms with Crippen LogP contribution in [0.4, 0.5) is 0 Å². The average Bonchev–Trinajstić information content (AvgIpc) is 2.53. The van der Waals surface area contributed by atoms with Crippen molar-refractivity contribution >= 4 is 16.8 Å². The van der Waals surface area contributed by atoms with E-state index in [-0.39, 0.29) is 5.69 Å². The summed E-state index contributed by atoms with van der Waals surface area (Å²) in [5.74, 6) is -0.892. The third-order valence-corrected chi connectivity index (χ3v) is 2.95. The second kappa shape index (κ2) is 4.97. The Morgan fingerprint density at radius 3 is 2.60 bits per heavy atom. The van der Waals surface area contributed by atoms with Crippen LogP contribution in [0.15, 0.2) is 59.9 Å². The monoisotopic (exact) mass is 263 g/mol. The van der Waals surface area contributed by atoms with Crippen molar-refractivity contribution in [2.75, 3.05) is 0 Å². The highest BCUT2D eigenvalue weighted by Gasteiger charge is 2.17. The van der Waals surface area contributed by atoms with E-state index < -0.39 is 5.91 Å². The normalized spacial score (nSPS) is 10.4. The minimum Gasteiger partial charge on any atom is -0.261 e. The van der Waals surface area contributed by atoms with E-state index >= 15 is 0 Å². The van der Waals surface area contributed by atoms with Crippen molar-refractivity contribution in [3.63, 3.8) is 0 Å². The molecule has 0 fully saturated rings. The Labute approximate surface area is 114 Å². The van der Waals surface area contributed by atoms with Gasteiger partial charge in [0, 0.05) is 22.3 Å². The smallest absolute Gasteiger partial charge is 0.261 e. The van der Waals surface area contributed by atoms with Crippen molar-refractivity contribution in [3.05, 3.63) is 65.3 Å². The molecule has 0 aliphatic rings. The fraction of sp³-hybridized carbons (Fsp3) is 0. The summed E-state index contributed by atoms with van der Waals surface area (Å²) in [6.45, 7) is 0. The van der Waals surface area contributed by atoms with Gasteiger partial charge >= 0.3 is 5.91 Å². The lowest BCUT2D eigenvalue weighted by Gasteiger charge is -2.06. The molecule has 0 saturated heterocycles. The fourth-order valence-corrected chi connectivity index (χ4v) is 2.04. The molecular formula is C15H9N3O2. The second-order valence-corrected chi connectivity index (χ2v) is 4.19. The first-order valence-corrected chi connectivity index (χ1v) is 5.98. The molecule has 5 heteroatoms. The summed E-state index contributed by atoms with van der Waals surface area (Å²) in [5.41, 5.74) is 1.75. The molecule has 1 amide bonds. The van der Waals surface area contributed by atoms with Crippen molar-refractivity contribution < 1.29 is 4.79 Å². The zero-order valence-electron chi connectivity index (χ0n) is 10.4. The summed E-state index contributed by atoms with van der Waals surface area (Å²) in [6.07, 6.45) is 1.62. The number of fused-ring (bicyclic) bond motifs is 1. The number of rotatable bonds is 2. The molecule has 0 atom stereocenters. The molecule has 20 heavy (non-hydrogen) atoms. The quantitative estimate of drug-likeness (QED) is 0.665. The summed E-state index contributed by atoms with van der Waals surface area (Å²) in [6, 6.07) is 14.5. The SMILES string of the molecule is O=NC(=O)c1nc2ccccc2cc1-c1ccccn1. The summed E-state index contributed by atoms with van der Waals surface area (Å²) in [7, 11) is 0. The predicted octanol–water partition coefficient (Wildman–Crippen LogP) is 3.20. The van der Waals surface area contributed by atoms with Gasteiger partial charge in [-0.3, -0.25) is 9.78 Å². The van der Waals surface area contributed by atoms with Crippen LogP contribution in [0.2, 0.25) is 0 Å². The first-order chi connectivity index (χ1) is 9.79. The molecule has 3 aromatic rings. The number of para-hydroxylation sites is 1. The zero-order valence-corrected chi connectivity index (χ0v) is 10.4. The number of nitroso groups, excluding NO2 is 1. The number of benzene rings is 1. The summed E-state index contributed by atoms with van der Waals surface area (Å²) >= 11 is 0. The Hall–Kier alpha value is -2.95. The first-order valence-electron chi connectivity index (χ1n) is 5.98. The molecule has 0 N–H and O–H groups in total. The first kappa shape index (κ1) is 12.1. The summed E-state index contributed by atoms with van der Waals surface area (Å²) < 4.78 is 0. The van der Waals surface area contributed by atoms with E-state index in [1.165, 1.54) is 0 Å². The topological polar surface area (TPSA) is 72.3 Å². The van der Waals surface area contributed by atoms with Gasteiger partial charge in [0.25, 0.3) is 0 Å². The van der Waals surface area contributed by atoms with Crippen LogP contribution < -0.4 is 0 Å². The molecule has 0 spiro atoms. The van der Waals surface area contributed by atoms with E-state index in [1.807, 2.05) is 18.2 Å². The number of hydrogen-bond donors (Lipinski definition) is 0. The van der Waals surface area contributed by atoms with Gasteiger partial charge in [-0.2, -0.15) is 0 Å². The Morgan fingerprint density at radius 1 is 1.05 bits per heavy atom. The van der Waals surface area contributed by atoms with Gasteiger partial charge in [-0.25, -0.2) is 4.98 Å². The average molecular weight is 263 g/mol. The summed E-state index contributed by atoms with van der Waals surface area (Å²) in [5, 5.41) is 3.34. The van der Waals surface area contributed by atoms with Crippen LogP contribution in [0.1, 0.15) is 10.5 Å². The van der Waals surface area contributed by atoms with Crippen LogP contribution in [-0.4, -0.2) is 15.9 Å². The lowest BCUT2D eigenvalue weighted by Crippen LogP contribution is -2.02. The van der Waals surface area contributed by atoms with E-state index in [4.69, 9.17) is 0 Å². The van der Waals surface area contributed by atoms with Crippen LogP contribution in [-0.2, 0) is 0 Å². The molecule has 5 nitrogen and oxygen atoms in total. The molecule has 3 rings (SSSR count). The second-order valence-electron chi connectivity index (χ2n) is 4.19. The maximum absolute atomic E-state index is 11.7. The Morgan fingerprint density at radius 2 is 1.85 bits per heavy atom. The predicted molar refractivity (Wildman–Crippen MR) is 75.1 cm³/mol. The molecule has 96 valence electrons. The van der Waals surface area contributed by atoms with Gasteiger partial charge < -0.3 is 0 Å². The molecular weight excluding hydrogens is 254 g/mol. The fourth-order valence-electron chi connectivity index (χ4n) is 2.04. The van der Waals surface area contributed by atoms with Gasteiger partial charge in [0.2, 0.25) is 0 Å². The molecule has 2 heterocycles. The summed E-state index contributed by atoms with van der Waals surface area (Å²) in [4.78, 5) is 30.7. The molecule has 0 unspecified atom stereocenters. The number of carbonyl (C=O) groups is 1. The number of carbonyl (C=O) groups excluding carboxylic acids is 1. The maximum Gasteiger partial charge on any atom is 0.335 e. The third-order valence-electron chi connectivity index (χ3n) is 2.95. The van der Waals surface area contributed by atoms with Crippen molar-refractivity contribution in [3.8, 4) is 11.3 Å². The van der Waals surface area contributed by atoms with Crippen LogP contribution in [0.3, 0.4) is 0 Å². The van der Waals surface area contributed by atoms with E-state index in [2.05, 4.69) is 15.1 Å². The van der Waals surface area contributed by atoms with Gasteiger partial charge in [-0.1, -0.05) is 24.3 Å². The highest BCUT2D eigenvalue weighted by molar-refractivity contribution is 6.02. The van der Waals surface area contributed by atoms with Crippen molar-refractivity contribution in [1.82, 2.24) is 9.97 Å². The van der Waals surface area contributed by atoms with E-state index in [1.54, 1.807) is 36.5 Å². The number of amides is 1. The van der Waals surface area contributed by atoms with Crippen LogP contribution in [0, 0.1) is 4.91 Å². The van der Waals surface area contributed by atoms with Gasteiger partial charge in [0.05, 0.1) is 11.2 Å². The highest BCUT2D eigenvalue weighted by atomic mass is 16.3. The molecule has 0 bridgehead atoms. The van der Waals surface area contributed by atoms with Crippen LogP contribution in [0.5, 0.6) is 0 Å². The van der Waals surface area contributed by atoms with Gasteiger partial charge in [0.1, 0.15) is 5.69 Å². The minimum atomic E-state index is -0.892. The number of hydrogen-bond acceptors (Lipinski definition) is 4. The molecule has 0 radical (unpaired) electrons. The lowest BCUT2D eigenvalue weighted by molar-refractivity contribution is 0.0997. The minimum absolute atomic E-state index is 0.0254. The largest absolute Gasteiger partial charge is 0.335 e. The van der Waals surface area contributed by atoms with Crippen molar-refractivity contribution in [1.29, 1.82) is 0 Å². The van der Waals surface area contributed by atoms with Crippen molar-refractivity contribution in [2.24, 2.45) is 5.18 Å². The Kier molecular flexibility index (Phi) is 3.01. The number of pyridine rings is 2. The van der Waals surface area contributed by atoms with Gasteiger partial charge in [-0.05, 0) is 24.3 Å². The van der Waals surface area contributed by atoms with E-state index in [0.29, 0.717) is 16.8 Å². The van der Waals surface area contributed by atoms with Crippen LogP contribution in [0.25, 0.3) is 22.2 Å². The number of aromatic nitrogens is 2. The molecule has 0 aliphatic heterocycles. The van der Waals surface area contributed by atoms with Gasteiger partial charge in [0.15, 0.2) is 0 Å². The number of nitrogens with zero attached hydrogens (tertiary/aromatic N) is 3. The van der Waals surface area contributed by atoms with E-state index in [9.17, 15) is 9.70 Å². The van der Waals surface area contributed by atoms with Crippen molar-refractivity contribution in [2.45, 2.75) is 0 Å². The zero-order chi connectivity index (χ0) is 13.9. The highest BCUT2D eigenvalue weighted by Crippen LogP contribution is 2.25.